The van der Waals surface area contributed by atoms with Crippen LogP contribution >= 0.6 is 39.9 Å². The van der Waals surface area contributed by atoms with Crippen molar-refractivity contribution in [2.45, 2.75) is 6.42 Å². The highest BCUT2D eigenvalue weighted by atomic mass is 79.9. The Morgan fingerprint density at radius 1 is 1.27 bits per heavy atom. The Morgan fingerprint density at radius 2 is 2.03 bits per heavy atom. The van der Waals surface area contributed by atoms with Crippen LogP contribution < -0.4 is 4.74 Å². The quantitative estimate of drug-likeness (QED) is 0.332. The third kappa shape index (κ3) is 5.02. The summed E-state index contributed by atoms with van der Waals surface area (Å²) in [4.78, 5) is 25.6. The summed E-state index contributed by atoms with van der Waals surface area (Å²) in [6.45, 7) is 0.0406. The van der Waals surface area contributed by atoms with Crippen molar-refractivity contribution in [2.24, 2.45) is 0 Å². The Balaban J connectivity index is 1.76. The molecule has 2 heterocycles. The molecule has 168 valence electrons. The van der Waals surface area contributed by atoms with E-state index in [4.69, 9.17) is 27.2 Å². The highest BCUT2D eigenvalue weighted by Gasteiger charge is 2.32. The molecule has 33 heavy (non-hydrogen) atoms. The zero-order valence-corrected chi connectivity index (χ0v) is 20.6. The SMILES string of the molecule is COc1ccc(-c2nn(-c3ccccc3)cc2/C=C2\SC(=S)N(CCC(=O)O)C2=O)cc1Br. The van der Waals surface area contributed by atoms with Gasteiger partial charge < -0.3 is 9.84 Å². The summed E-state index contributed by atoms with van der Waals surface area (Å²) in [5, 5.41) is 13.7. The van der Waals surface area contributed by atoms with Gasteiger partial charge in [0.15, 0.2) is 0 Å². The number of aliphatic carboxylic acids is 1. The standard InChI is InChI=1S/C23H18BrN3O4S2/c1-31-18-8-7-14(11-17(18)24)21-15(13-27(25-21)16-5-3-2-4-6-16)12-19-22(30)26(23(32)33-19)10-9-20(28)29/h2-8,11-13H,9-10H2,1H3,(H,28,29)/b19-12-. The highest BCUT2D eigenvalue weighted by molar-refractivity contribution is 9.10. The first-order valence-electron chi connectivity index (χ1n) is 9.83. The number of methoxy groups -OCH3 is 1. The van der Waals surface area contributed by atoms with Crippen molar-refractivity contribution in [1.82, 2.24) is 14.7 Å². The number of carboxylic acid groups (broad SMARTS) is 1. The molecule has 0 aliphatic carbocycles. The first-order valence-corrected chi connectivity index (χ1v) is 11.9. The number of halogens is 1. The van der Waals surface area contributed by atoms with Gasteiger partial charge in [0.1, 0.15) is 15.8 Å². The number of amides is 1. The number of aromatic nitrogens is 2. The summed E-state index contributed by atoms with van der Waals surface area (Å²) in [6, 6.07) is 15.3. The number of ether oxygens (including phenoxy) is 1. The molecule has 0 bridgehead atoms. The van der Waals surface area contributed by atoms with Crippen molar-refractivity contribution < 1.29 is 19.4 Å². The Bertz CT molecular complexity index is 1270. The fourth-order valence-electron chi connectivity index (χ4n) is 3.29. The van der Waals surface area contributed by atoms with Gasteiger partial charge in [0.05, 0.1) is 28.6 Å². The van der Waals surface area contributed by atoms with Crippen LogP contribution in [0.5, 0.6) is 5.75 Å². The molecule has 3 aromatic rings. The second-order valence-corrected chi connectivity index (χ2v) is 9.57. The van der Waals surface area contributed by atoms with Gasteiger partial charge in [0, 0.05) is 23.9 Å². The fraction of sp³-hybridized carbons (Fsp3) is 0.130. The van der Waals surface area contributed by atoms with E-state index in [2.05, 4.69) is 15.9 Å². The van der Waals surface area contributed by atoms with Crippen molar-refractivity contribution in [3.63, 3.8) is 0 Å². The largest absolute Gasteiger partial charge is 0.496 e. The monoisotopic (exact) mass is 543 g/mol. The van der Waals surface area contributed by atoms with Crippen molar-refractivity contribution in [1.29, 1.82) is 0 Å². The van der Waals surface area contributed by atoms with Crippen molar-refractivity contribution in [2.75, 3.05) is 13.7 Å². The van der Waals surface area contributed by atoms with E-state index in [0.29, 0.717) is 20.7 Å². The molecule has 2 aromatic carbocycles. The van der Waals surface area contributed by atoms with Crippen LogP contribution in [0.15, 0.2) is 64.1 Å². The van der Waals surface area contributed by atoms with E-state index in [1.807, 2.05) is 54.7 Å². The molecule has 1 amide bonds. The average molecular weight is 544 g/mol. The van der Waals surface area contributed by atoms with Gasteiger partial charge in [-0.25, -0.2) is 4.68 Å². The Morgan fingerprint density at radius 3 is 2.70 bits per heavy atom. The molecule has 10 heteroatoms. The lowest BCUT2D eigenvalue weighted by Gasteiger charge is -2.12. The first-order chi connectivity index (χ1) is 15.9. The van der Waals surface area contributed by atoms with Crippen LogP contribution in [0.2, 0.25) is 0 Å². The minimum atomic E-state index is -0.982. The lowest BCUT2D eigenvalue weighted by atomic mass is 10.1. The van der Waals surface area contributed by atoms with Gasteiger partial charge in [-0.2, -0.15) is 5.10 Å². The molecule has 0 unspecified atom stereocenters. The van der Waals surface area contributed by atoms with Crippen molar-refractivity contribution in [3.8, 4) is 22.7 Å². The predicted octanol–water partition coefficient (Wildman–Crippen LogP) is 4.99. The fourth-order valence-corrected chi connectivity index (χ4v) is 5.13. The number of carboxylic acids is 1. The number of thioether (sulfide) groups is 1. The summed E-state index contributed by atoms with van der Waals surface area (Å²) in [5.74, 6) is -0.591. The molecule has 1 aliphatic heterocycles. The van der Waals surface area contributed by atoms with Crippen LogP contribution in [0.4, 0.5) is 0 Å². The lowest BCUT2D eigenvalue weighted by molar-refractivity contribution is -0.137. The van der Waals surface area contributed by atoms with E-state index < -0.39 is 5.97 Å². The zero-order chi connectivity index (χ0) is 23.5. The van der Waals surface area contributed by atoms with Gasteiger partial charge in [-0.15, -0.1) is 0 Å². The van der Waals surface area contributed by atoms with E-state index in [1.54, 1.807) is 17.9 Å². The number of carbonyl (C=O) groups is 2. The van der Waals surface area contributed by atoms with Gasteiger partial charge in [-0.1, -0.05) is 42.2 Å². The number of para-hydroxylation sites is 1. The predicted molar refractivity (Wildman–Crippen MR) is 135 cm³/mol. The molecule has 0 atom stereocenters. The van der Waals surface area contributed by atoms with Crippen LogP contribution in [-0.4, -0.2) is 49.6 Å². The van der Waals surface area contributed by atoms with Crippen LogP contribution in [-0.2, 0) is 9.59 Å². The molecule has 0 radical (unpaired) electrons. The number of nitrogens with zero attached hydrogens (tertiary/aromatic N) is 3. The second kappa shape index (κ2) is 9.90. The summed E-state index contributed by atoms with van der Waals surface area (Å²) in [5.41, 5.74) is 3.12. The molecule has 1 aliphatic rings. The lowest BCUT2D eigenvalue weighted by Crippen LogP contribution is -2.30. The minimum absolute atomic E-state index is 0.0406. The molecule has 1 fully saturated rings. The molecular formula is C23H18BrN3O4S2. The van der Waals surface area contributed by atoms with Crippen molar-refractivity contribution >= 4 is 62.2 Å². The normalized spacial score (nSPS) is 14.8. The Labute approximate surface area is 208 Å². The van der Waals surface area contributed by atoms with Gasteiger partial charge in [0.25, 0.3) is 5.91 Å². The van der Waals surface area contributed by atoms with Crippen LogP contribution in [0, 0.1) is 0 Å². The molecule has 4 rings (SSSR count). The molecule has 1 aromatic heterocycles. The Kier molecular flexibility index (Phi) is 6.96. The zero-order valence-electron chi connectivity index (χ0n) is 17.4. The maximum atomic E-state index is 12.9. The molecule has 0 saturated carbocycles. The van der Waals surface area contributed by atoms with E-state index >= 15 is 0 Å². The van der Waals surface area contributed by atoms with Gasteiger partial charge >= 0.3 is 5.97 Å². The van der Waals surface area contributed by atoms with Gasteiger partial charge in [0.2, 0.25) is 0 Å². The minimum Gasteiger partial charge on any atom is -0.496 e. The Hall–Kier alpha value is -2.95. The van der Waals surface area contributed by atoms with E-state index in [0.717, 1.165) is 33.0 Å². The van der Waals surface area contributed by atoms with Crippen LogP contribution in [0.25, 0.3) is 23.0 Å². The van der Waals surface area contributed by atoms with E-state index in [9.17, 15) is 9.59 Å². The van der Waals surface area contributed by atoms with Crippen LogP contribution in [0.3, 0.4) is 0 Å². The first kappa shape index (κ1) is 23.2. The third-order valence-corrected chi connectivity index (χ3v) is 6.90. The van der Waals surface area contributed by atoms with E-state index in [1.165, 1.54) is 4.90 Å². The molecule has 0 spiro atoms. The number of hydrogen-bond donors (Lipinski definition) is 1. The van der Waals surface area contributed by atoms with Gasteiger partial charge in [-0.3, -0.25) is 14.5 Å². The molecule has 1 saturated heterocycles. The topological polar surface area (TPSA) is 84.7 Å². The number of carbonyl (C=O) groups excluding carboxylic acids is 1. The summed E-state index contributed by atoms with van der Waals surface area (Å²) in [7, 11) is 1.60. The molecule has 1 N–H and O–H groups in total. The summed E-state index contributed by atoms with van der Waals surface area (Å²) in [6.07, 6.45) is 3.43. The highest BCUT2D eigenvalue weighted by Crippen LogP contribution is 2.36. The molecule has 7 nitrogen and oxygen atoms in total. The van der Waals surface area contributed by atoms with Crippen molar-refractivity contribution in [3.05, 3.63) is 69.7 Å². The maximum Gasteiger partial charge on any atom is 0.305 e. The smallest absolute Gasteiger partial charge is 0.305 e. The summed E-state index contributed by atoms with van der Waals surface area (Å²) < 4.78 is 8.21. The number of benzene rings is 2. The summed E-state index contributed by atoms with van der Waals surface area (Å²) >= 11 is 9.98. The third-order valence-electron chi connectivity index (χ3n) is 4.90. The maximum absolute atomic E-state index is 12.9. The van der Waals surface area contributed by atoms with E-state index in [-0.39, 0.29) is 18.9 Å². The second-order valence-electron chi connectivity index (χ2n) is 7.04. The number of hydrogen-bond acceptors (Lipinski definition) is 6. The van der Waals surface area contributed by atoms with Crippen LogP contribution in [0.1, 0.15) is 12.0 Å². The molecular weight excluding hydrogens is 526 g/mol. The average Bonchev–Trinajstić information content (AvgIpc) is 3.33. The van der Waals surface area contributed by atoms with Gasteiger partial charge in [-0.05, 0) is 52.3 Å². The number of rotatable bonds is 7. The number of thiocarbonyl (C=S) groups is 1.